The number of rotatable bonds is 6. The number of benzene rings is 1. The van der Waals surface area contributed by atoms with Gasteiger partial charge in [0.2, 0.25) is 0 Å². The first-order valence-electron chi connectivity index (χ1n) is 6.35. The lowest BCUT2D eigenvalue weighted by Gasteiger charge is -2.13. The van der Waals surface area contributed by atoms with Crippen molar-refractivity contribution in [3.05, 3.63) is 58.8 Å². The Bertz CT molecular complexity index is 513. The van der Waals surface area contributed by atoms with Crippen molar-refractivity contribution in [3.8, 4) is 0 Å². The molecule has 1 heterocycles. The Labute approximate surface area is 117 Å². The average Bonchev–Trinajstić information content (AvgIpc) is 2.88. The molecular formula is C15H17ClFNO. The summed E-state index contributed by atoms with van der Waals surface area (Å²) in [5.41, 5.74) is 0.634. The van der Waals surface area contributed by atoms with Gasteiger partial charge in [-0.05, 0) is 37.6 Å². The van der Waals surface area contributed by atoms with Crippen LogP contribution in [0.4, 0.5) is 4.39 Å². The van der Waals surface area contributed by atoms with Gasteiger partial charge in [0.25, 0.3) is 0 Å². The lowest BCUT2D eigenvalue weighted by Crippen LogP contribution is -2.26. The second-order valence-electron chi connectivity index (χ2n) is 4.64. The number of aryl methyl sites for hydroxylation is 1. The minimum atomic E-state index is -0.266. The molecule has 0 saturated carbocycles. The minimum Gasteiger partial charge on any atom is -0.469 e. The standard InChI is InChI=1S/C15H17ClFNO/c1-11(4-7-14-3-2-8-19-14)18-10-12-5-6-13(16)9-15(12)17/h2-3,5-6,8-9,11,18H,4,7,10H2,1H3. The summed E-state index contributed by atoms with van der Waals surface area (Å²) in [6, 6.07) is 8.90. The molecule has 0 fully saturated rings. The molecule has 19 heavy (non-hydrogen) atoms. The highest BCUT2D eigenvalue weighted by Gasteiger charge is 2.07. The van der Waals surface area contributed by atoms with Crippen LogP contribution in [0, 0.1) is 5.82 Å². The quantitative estimate of drug-likeness (QED) is 0.859. The van der Waals surface area contributed by atoms with Crippen LogP contribution in [0.15, 0.2) is 41.0 Å². The van der Waals surface area contributed by atoms with Crippen molar-refractivity contribution in [2.75, 3.05) is 0 Å². The van der Waals surface area contributed by atoms with Gasteiger partial charge in [0, 0.05) is 29.6 Å². The molecule has 0 amide bonds. The number of furan rings is 1. The van der Waals surface area contributed by atoms with E-state index in [0.717, 1.165) is 18.6 Å². The maximum Gasteiger partial charge on any atom is 0.129 e. The fraction of sp³-hybridized carbons (Fsp3) is 0.333. The highest BCUT2D eigenvalue weighted by Crippen LogP contribution is 2.14. The second-order valence-corrected chi connectivity index (χ2v) is 5.07. The molecule has 0 spiro atoms. The lowest BCUT2D eigenvalue weighted by molar-refractivity contribution is 0.456. The summed E-state index contributed by atoms with van der Waals surface area (Å²) in [5.74, 6) is 0.713. The number of halogens is 2. The van der Waals surface area contributed by atoms with Gasteiger partial charge >= 0.3 is 0 Å². The van der Waals surface area contributed by atoms with E-state index in [1.165, 1.54) is 6.07 Å². The zero-order valence-electron chi connectivity index (χ0n) is 10.8. The van der Waals surface area contributed by atoms with E-state index in [1.54, 1.807) is 18.4 Å². The number of hydrogen-bond acceptors (Lipinski definition) is 2. The molecule has 1 unspecified atom stereocenters. The van der Waals surface area contributed by atoms with E-state index < -0.39 is 0 Å². The third kappa shape index (κ3) is 4.37. The summed E-state index contributed by atoms with van der Waals surface area (Å²) in [4.78, 5) is 0. The van der Waals surface area contributed by atoms with Gasteiger partial charge in [-0.2, -0.15) is 0 Å². The number of nitrogens with one attached hydrogen (secondary N) is 1. The summed E-state index contributed by atoms with van der Waals surface area (Å²) in [5, 5.41) is 3.72. The van der Waals surface area contributed by atoms with Crippen molar-refractivity contribution < 1.29 is 8.81 Å². The normalized spacial score (nSPS) is 12.6. The Hall–Kier alpha value is -1.32. The summed E-state index contributed by atoms with van der Waals surface area (Å²) in [7, 11) is 0. The zero-order chi connectivity index (χ0) is 13.7. The van der Waals surface area contributed by atoms with E-state index >= 15 is 0 Å². The molecule has 2 aromatic rings. The largest absolute Gasteiger partial charge is 0.469 e. The van der Waals surface area contributed by atoms with E-state index in [4.69, 9.17) is 16.0 Å². The average molecular weight is 282 g/mol. The van der Waals surface area contributed by atoms with Crippen LogP contribution in [0.1, 0.15) is 24.7 Å². The van der Waals surface area contributed by atoms with Gasteiger partial charge in [0.05, 0.1) is 6.26 Å². The van der Waals surface area contributed by atoms with Crippen molar-refractivity contribution in [3.63, 3.8) is 0 Å². The van der Waals surface area contributed by atoms with E-state index in [1.807, 2.05) is 12.1 Å². The monoisotopic (exact) mass is 281 g/mol. The van der Waals surface area contributed by atoms with Crippen LogP contribution in [-0.2, 0) is 13.0 Å². The molecule has 1 aromatic carbocycles. The van der Waals surface area contributed by atoms with Crippen LogP contribution in [-0.4, -0.2) is 6.04 Å². The van der Waals surface area contributed by atoms with E-state index in [-0.39, 0.29) is 5.82 Å². The molecule has 102 valence electrons. The smallest absolute Gasteiger partial charge is 0.129 e. The van der Waals surface area contributed by atoms with Crippen molar-refractivity contribution in [2.45, 2.75) is 32.4 Å². The van der Waals surface area contributed by atoms with Crippen LogP contribution in [0.2, 0.25) is 5.02 Å². The first-order valence-corrected chi connectivity index (χ1v) is 6.72. The van der Waals surface area contributed by atoms with Crippen LogP contribution in [0.25, 0.3) is 0 Å². The molecule has 0 aliphatic rings. The summed E-state index contributed by atoms with van der Waals surface area (Å²) in [6.45, 7) is 2.58. The van der Waals surface area contributed by atoms with Crippen molar-refractivity contribution in [1.82, 2.24) is 5.32 Å². The molecule has 0 saturated heterocycles. The first kappa shape index (κ1) is 14.1. The summed E-state index contributed by atoms with van der Waals surface area (Å²) in [6.07, 6.45) is 3.50. The predicted molar refractivity (Wildman–Crippen MR) is 74.7 cm³/mol. The minimum absolute atomic E-state index is 0.266. The van der Waals surface area contributed by atoms with E-state index in [0.29, 0.717) is 23.2 Å². The second kappa shape index (κ2) is 6.73. The SMILES string of the molecule is CC(CCc1ccco1)NCc1ccc(Cl)cc1F. The molecule has 2 rings (SSSR count). The van der Waals surface area contributed by atoms with Crippen LogP contribution < -0.4 is 5.32 Å². The van der Waals surface area contributed by atoms with Crippen molar-refractivity contribution in [1.29, 1.82) is 0 Å². The summed E-state index contributed by atoms with van der Waals surface area (Å²) < 4.78 is 18.8. The molecular weight excluding hydrogens is 265 g/mol. The highest BCUT2D eigenvalue weighted by molar-refractivity contribution is 6.30. The van der Waals surface area contributed by atoms with Gasteiger partial charge in [-0.15, -0.1) is 0 Å². The third-order valence-corrected chi connectivity index (χ3v) is 3.30. The van der Waals surface area contributed by atoms with E-state index in [9.17, 15) is 4.39 Å². The van der Waals surface area contributed by atoms with Gasteiger partial charge in [-0.1, -0.05) is 17.7 Å². The van der Waals surface area contributed by atoms with E-state index in [2.05, 4.69) is 12.2 Å². The van der Waals surface area contributed by atoms with Crippen molar-refractivity contribution in [2.24, 2.45) is 0 Å². The van der Waals surface area contributed by atoms with Gasteiger partial charge in [-0.25, -0.2) is 4.39 Å². The van der Waals surface area contributed by atoms with Gasteiger partial charge in [0.1, 0.15) is 11.6 Å². The van der Waals surface area contributed by atoms with Gasteiger partial charge in [0.15, 0.2) is 0 Å². The third-order valence-electron chi connectivity index (χ3n) is 3.06. The molecule has 1 aromatic heterocycles. The Kier molecular flexibility index (Phi) is 5.00. The maximum absolute atomic E-state index is 13.6. The van der Waals surface area contributed by atoms with Gasteiger partial charge < -0.3 is 9.73 Å². The molecule has 0 bridgehead atoms. The Morgan fingerprint density at radius 1 is 1.37 bits per heavy atom. The Balaban J connectivity index is 1.78. The molecule has 4 heteroatoms. The Morgan fingerprint density at radius 3 is 2.89 bits per heavy atom. The molecule has 2 nitrogen and oxygen atoms in total. The van der Waals surface area contributed by atoms with Crippen LogP contribution >= 0.6 is 11.6 Å². The summed E-state index contributed by atoms with van der Waals surface area (Å²) >= 11 is 5.72. The highest BCUT2D eigenvalue weighted by atomic mass is 35.5. The Morgan fingerprint density at radius 2 is 2.21 bits per heavy atom. The fourth-order valence-corrected chi connectivity index (χ4v) is 2.02. The topological polar surface area (TPSA) is 25.2 Å². The molecule has 0 aliphatic carbocycles. The molecule has 1 atom stereocenters. The lowest BCUT2D eigenvalue weighted by atomic mass is 10.1. The maximum atomic E-state index is 13.6. The fourth-order valence-electron chi connectivity index (χ4n) is 1.86. The molecule has 0 aliphatic heterocycles. The van der Waals surface area contributed by atoms with Crippen LogP contribution in [0.5, 0.6) is 0 Å². The predicted octanol–water partition coefficient (Wildman–Crippen LogP) is 4.18. The molecule has 1 N–H and O–H groups in total. The van der Waals surface area contributed by atoms with Crippen LogP contribution in [0.3, 0.4) is 0 Å². The zero-order valence-corrected chi connectivity index (χ0v) is 11.6. The van der Waals surface area contributed by atoms with Crippen molar-refractivity contribution >= 4 is 11.6 Å². The first-order chi connectivity index (χ1) is 9.15. The number of hydrogen-bond donors (Lipinski definition) is 1. The molecule has 0 radical (unpaired) electrons. The van der Waals surface area contributed by atoms with Gasteiger partial charge in [-0.3, -0.25) is 0 Å².